The van der Waals surface area contributed by atoms with Crippen LogP contribution in [-0.4, -0.2) is 13.2 Å². The Morgan fingerprint density at radius 2 is 1.68 bits per heavy atom. The summed E-state index contributed by atoms with van der Waals surface area (Å²) in [6, 6.07) is 16.0. The highest BCUT2D eigenvalue weighted by atomic mass is 35.5. The van der Waals surface area contributed by atoms with E-state index in [2.05, 4.69) is 24.0 Å². The second-order valence-electron chi connectivity index (χ2n) is 4.12. The van der Waals surface area contributed by atoms with Gasteiger partial charge in [0.1, 0.15) is 5.75 Å². The number of halogens is 1. The van der Waals surface area contributed by atoms with E-state index in [1.54, 1.807) is 0 Å². The van der Waals surface area contributed by atoms with Crippen LogP contribution in [-0.2, 0) is 0 Å². The zero-order valence-electron chi connectivity index (χ0n) is 11.3. The van der Waals surface area contributed by atoms with Crippen LogP contribution < -0.4 is 9.64 Å². The number of ether oxygens (including phenoxy) is 1. The average molecular weight is 276 g/mol. The number of para-hydroxylation sites is 1. The molecule has 2 aromatic rings. The molecule has 0 aliphatic heterocycles. The van der Waals surface area contributed by atoms with Crippen LogP contribution in [0.4, 0.5) is 11.4 Å². The summed E-state index contributed by atoms with van der Waals surface area (Å²) in [4.78, 5) is 2.18. The molecule has 0 unspecified atom stereocenters. The molecular weight excluding hydrogens is 258 g/mol. The monoisotopic (exact) mass is 275 g/mol. The van der Waals surface area contributed by atoms with Crippen LogP contribution in [0.15, 0.2) is 48.5 Å². The molecular formula is C16H18ClNO. The van der Waals surface area contributed by atoms with Gasteiger partial charge >= 0.3 is 0 Å². The zero-order chi connectivity index (χ0) is 13.7. The molecule has 2 nitrogen and oxygen atoms in total. The van der Waals surface area contributed by atoms with Gasteiger partial charge in [0.05, 0.1) is 17.3 Å². The summed E-state index contributed by atoms with van der Waals surface area (Å²) < 4.78 is 5.46. The average Bonchev–Trinajstić information content (AvgIpc) is 2.44. The molecule has 2 rings (SSSR count). The summed E-state index contributed by atoms with van der Waals surface area (Å²) >= 11 is 6.26. The van der Waals surface area contributed by atoms with Gasteiger partial charge < -0.3 is 9.64 Å². The lowest BCUT2D eigenvalue weighted by atomic mass is 10.2. The maximum absolute atomic E-state index is 6.26. The topological polar surface area (TPSA) is 12.5 Å². The van der Waals surface area contributed by atoms with Crippen LogP contribution in [0.2, 0.25) is 5.02 Å². The first-order valence-electron chi connectivity index (χ1n) is 6.51. The molecule has 0 aromatic heterocycles. The molecule has 0 spiro atoms. The molecule has 3 heteroatoms. The van der Waals surface area contributed by atoms with Crippen LogP contribution in [0.5, 0.6) is 5.75 Å². The number of hydrogen-bond donors (Lipinski definition) is 0. The van der Waals surface area contributed by atoms with Crippen molar-refractivity contribution in [3.63, 3.8) is 0 Å². The van der Waals surface area contributed by atoms with Gasteiger partial charge in [-0.15, -0.1) is 0 Å². The molecule has 0 atom stereocenters. The van der Waals surface area contributed by atoms with Crippen LogP contribution in [0.25, 0.3) is 0 Å². The number of benzene rings is 2. The molecule has 100 valence electrons. The van der Waals surface area contributed by atoms with Crippen molar-refractivity contribution in [2.45, 2.75) is 13.8 Å². The first kappa shape index (κ1) is 13.8. The molecule has 0 aliphatic rings. The third-order valence-corrected chi connectivity index (χ3v) is 3.24. The van der Waals surface area contributed by atoms with Gasteiger partial charge in [0, 0.05) is 12.2 Å². The molecule has 0 fully saturated rings. The maximum Gasteiger partial charge on any atom is 0.119 e. The number of hydrogen-bond acceptors (Lipinski definition) is 2. The van der Waals surface area contributed by atoms with Crippen molar-refractivity contribution in [1.29, 1.82) is 0 Å². The number of rotatable bonds is 5. The third-order valence-electron chi connectivity index (χ3n) is 2.92. The van der Waals surface area contributed by atoms with Gasteiger partial charge in [-0.1, -0.05) is 23.7 Å². The van der Waals surface area contributed by atoms with E-state index >= 15 is 0 Å². The lowest BCUT2D eigenvalue weighted by Gasteiger charge is -2.24. The largest absolute Gasteiger partial charge is 0.494 e. The Morgan fingerprint density at radius 1 is 1.00 bits per heavy atom. The third kappa shape index (κ3) is 3.21. The Labute approximate surface area is 119 Å². The molecule has 0 saturated heterocycles. The van der Waals surface area contributed by atoms with Gasteiger partial charge in [-0.3, -0.25) is 0 Å². The number of nitrogens with zero attached hydrogens (tertiary/aromatic N) is 1. The second-order valence-corrected chi connectivity index (χ2v) is 4.53. The highest BCUT2D eigenvalue weighted by Crippen LogP contribution is 2.32. The quantitative estimate of drug-likeness (QED) is 0.770. The van der Waals surface area contributed by atoms with Gasteiger partial charge in [0.2, 0.25) is 0 Å². The minimum Gasteiger partial charge on any atom is -0.494 e. The van der Waals surface area contributed by atoms with Crippen molar-refractivity contribution in [2.24, 2.45) is 0 Å². The Hall–Kier alpha value is -1.67. The molecule has 0 saturated carbocycles. The lowest BCUT2D eigenvalue weighted by Crippen LogP contribution is -2.16. The molecule has 2 aromatic carbocycles. The minimum atomic E-state index is 0.682. The fraction of sp³-hybridized carbons (Fsp3) is 0.250. The SMILES string of the molecule is CCOc1ccc(N(CC)c2ccccc2Cl)cc1. The summed E-state index contributed by atoms with van der Waals surface area (Å²) in [7, 11) is 0. The van der Waals surface area contributed by atoms with Gasteiger partial charge in [-0.25, -0.2) is 0 Å². The van der Waals surface area contributed by atoms with E-state index in [4.69, 9.17) is 16.3 Å². The molecule has 0 aliphatic carbocycles. The van der Waals surface area contributed by atoms with Crippen molar-refractivity contribution in [3.05, 3.63) is 53.6 Å². The fourth-order valence-electron chi connectivity index (χ4n) is 2.05. The standard InChI is InChI=1S/C16H18ClNO/c1-3-18(16-8-6-5-7-15(16)17)13-9-11-14(12-10-13)19-4-2/h5-12H,3-4H2,1-2H3. The van der Waals surface area contributed by atoms with E-state index in [-0.39, 0.29) is 0 Å². The van der Waals surface area contributed by atoms with Crippen LogP contribution in [0.1, 0.15) is 13.8 Å². The fourth-order valence-corrected chi connectivity index (χ4v) is 2.29. The Morgan fingerprint density at radius 3 is 2.26 bits per heavy atom. The Kier molecular flexibility index (Phi) is 4.69. The van der Waals surface area contributed by atoms with Crippen LogP contribution in [0.3, 0.4) is 0 Å². The molecule has 0 amide bonds. The summed E-state index contributed by atoms with van der Waals surface area (Å²) in [6.45, 7) is 5.63. The Balaban J connectivity index is 2.29. The van der Waals surface area contributed by atoms with Crippen molar-refractivity contribution < 1.29 is 4.74 Å². The highest BCUT2D eigenvalue weighted by Gasteiger charge is 2.10. The normalized spacial score (nSPS) is 10.3. The first-order valence-corrected chi connectivity index (χ1v) is 6.89. The van der Waals surface area contributed by atoms with E-state index < -0.39 is 0 Å². The Bertz CT molecular complexity index is 525. The van der Waals surface area contributed by atoms with Gasteiger partial charge in [-0.05, 0) is 50.2 Å². The maximum atomic E-state index is 6.26. The first-order chi connectivity index (χ1) is 9.26. The van der Waals surface area contributed by atoms with Crippen LogP contribution in [0, 0.1) is 0 Å². The minimum absolute atomic E-state index is 0.682. The molecule has 0 N–H and O–H groups in total. The van der Waals surface area contributed by atoms with Crippen molar-refractivity contribution in [2.75, 3.05) is 18.1 Å². The smallest absolute Gasteiger partial charge is 0.119 e. The molecule has 19 heavy (non-hydrogen) atoms. The van der Waals surface area contributed by atoms with Gasteiger partial charge in [0.15, 0.2) is 0 Å². The van der Waals surface area contributed by atoms with E-state index in [0.29, 0.717) is 6.61 Å². The summed E-state index contributed by atoms with van der Waals surface area (Å²) in [5, 5.41) is 0.762. The van der Waals surface area contributed by atoms with Crippen molar-refractivity contribution >= 4 is 23.0 Å². The summed E-state index contributed by atoms with van der Waals surface area (Å²) in [5.41, 5.74) is 2.13. The van der Waals surface area contributed by atoms with Crippen LogP contribution >= 0.6 is 11.6 Å². The van der Waals surface area contributed by atoms with E-state index in [9.17, 15) is 0 Å². The molecule has 0 bridgehead atoms. The second kappa shape index (κ2) is 6.48. The predicted molar refractivity (Wildman–Crippen MR) is 81.7 cm³/mol. The lowest BCUT2D eigenvalue weighted by molar-refractivity contribution is 0.340. The van der Waals surface area contributed by atoms with Crippen molar-refractivity contribution in [1.82, 2.24) is 0 Å². The zero-order valence-corrected chi connectivity index (χ0v) is 12.0. The highest BCUT2D eigenvalue weighted by molar-refractivity contribution is 6.33. The van der Waals surface area contributed by atoms with Gasteiger partial charge in [-0.2, -0.15) is 0 Å². The predicted octanol–water partition coefficient (Wildman–Crippen LogP) is 4.90. The van der Waals surface area contributed by atoms with E-state index in [0.717, 1.165) is 28.7 Å². The number of anilines is 2. The van der Waals surface area contributed by atoms with E-state index in [1.807, 2.05) is 43.3 Å². The summed E-state index contributed by atoms with van der Waals surface area (Å²) in [5.74, 6) is 0.890. The van der Waals surface area contributed by atoms with E-state index in [1.165, 1.54) is 0 Å². The van der Waals surface area contributed by atoms with Gasteiger partial charge in [0.25, 0.3) is 0 Å². The molecule has 0 radical (unpaired) electrons. The summed E-state index contributed by atoms with van der Waals surface area (Å²) in [6.07, 6.45) is 0. The van der Waals surface area contributed by atoms with Crippen molar-refractivity contribution in [3.8, 4) is 5.75 Å². The molecule has 0 heterocycles.